The molecule has 3 aromatic rings. The number of fused-ring (bicyclic) bond motifs is 1. The first-order valence-corrected chi connectivity index (χ1v) is 8.02. The van der Waals surface area contributed by atoms with E-state index in [1.807, 2.05) is 48.5 Å². The van der Waals surface area contributed by atoms with Crippen LogP contribution in [0, 0.1) is 0 Å². The van der Waals surface area contributed by atoms with Gasteiger partial charge in [-0.25, -0.2) is 4.98 Å². The van der Waals surface area contributed by atoms with Crippen molar-refractivity contribution >= 4 is 33.4 Å². The fraction of sp³-hybridized carbons (Fsp3) is 0.118. The Kier molecular flexibility index (Phi) is 4.72. The largest absolute Gasteiger partial charge is 0.480 e. The van der Waals surface area contributed by atoms with Gasteiger partial charge < -0.3 is 15.2 Å². The van der Waals surface area contributed by atoms with E-state index in [2.05, 4.69) is 10.3 Å². The number of nitrogens with zero attached hydrogens (tertiary/aromatic N) is 1. The first-order chi connectivity index (χ1) is 11.6. The molecule has 0 aliphatic carbocycles. The number of ether oxygens (including phenoxy) is 1. The Bertz CT molecular complexity index is 877. The predicted octanol–water partition coefficient (Wildman–Crippen LogP) is 2.83. The van der Waals surface area contributed by atoms with Gasteiger partial charge in [-0.3, -0.25) is 9.59 Å². The molecule has 3 rings (SSSR count). The molecular weight excluding hydrogens is 328 g/mol. The minimum absolute atomic E-state index is 0.0570. The maximum atomic E-state index is 11.7. The van der Waals surface area contributed by atoms with Crippen molar-refractivity contribution in [1.82, 2.24) is 10.3 Å². The number of carboxylic acids is 1. The third-order valence-corrected chi connectivity index (χ3v) is 4.15. The topological polar surface area (TPSA) is 88.5 Å². The van der Waals surface area contributed by atoms with Crippen molar-refractivity contribution < 1.29 is 19.4 Å². The lowest BCUT2D eigenvalue weighted by Crippen LogP contribution is -2.30. The minimum atomic E-state index is -1.07. The molecule has 0 unspecified atom stereocenters. The number of benzene rings is 2. The molecule has 1 amide bonds. The van der Waals surface area contributed by atoms with Crippen molar-refractivity contribution in [2.75, 3.05) is 6.54 Å². The van der Waals surface area contributed by atoms with Crippen LogP contribution in [0.2, 0.25) is 0 Å². The number of amides is 1. The second-order valence-electron chi connectivity index (χ2n) is 5.00. The van der Waals surface area contributed by atoms with Crippen molar-refractivity contribution in [2.45, 2.75) is 6.42 Å². The summed E-state index contributed by atoms with van der Waals surface area (Å²) in [5.41, 5.74) is 0.779. The summed E-state index contributed by atoms with van der Waals surface area (Å²) in [6.07, 6.45) is 0.0570. The van der Waals surface area contributed by atoms with Crippen LogP contribution in [-0.2, 0) is 16.0 Å². The molecule has 6 nitrogen and oxygen atoms in total. The summed E-state index contributed by atoms with van der Waals surface area (Å²) in [7, 11) is 0. The molecule has 0 bridgehead atoms. The first kappa shape index (κ1) is 15.9. The number of nitrogens with one attached hydrogen (secondary N) is 1. The van der Waals surface area contributed by atoms with E-state index in [-0.39, 0.29) is 12.3 Å². The van der Waals surface area contributed by atoms with Gasteiger partial charge >= 0.3 is 5.97 Å². The number of para-hydroxylation sites is 1. The van der Waals surface area contributed by atoms with Crippen molar-refractivity contribution in [1.29, 1.82) is 0 Å². The Balaban J connectivity index is 1.72. The van der Waals surface area contributed by atoms with Crippen LogP contribution in [0.25, 0.3) is 10.2 Å². The van der Waals surface area contributed by atoms with Gasteiger partial charge in [0.2, 0.25) is 5.91 Å². The molecule has 0 fully saturated rings. The summed E-state index contributed by atoms with van der Waals surface area (Å²) in [5, 5.41) is 11.5. The van der Waals surface area contributed by atoms with Gasteiger partial charge in [0.15, 0.2) is 0 Å². The molecule has 2 aromatic carbocycles. The lowest BCUT2D eigenvalue weighted by molar-refractivity contribution is -0.137. The summed E-state index contributed by atoms with van der Waals surface area (Å²) in [5.74, 6) is 0.00133. The average Bonchev–Trinajstić information content (AvgIpc) is 2.95. The molecule has 0 saturated heterocycles. The number of hydrogen-bond acceptors (Lipinski definition) is 5. The maximum Gasteiger partial charge on any atom is 0.322 e. The molecule has 1 heterocycles. The van der Waals surface area contributed by atoms with Gasteiger partial charge in [-0.2, -0.15) is 0 Å². The van der Waals surface area contributed by atoms with E-state index in [1.54, 1.807) is 0 Å². The predicted molar refractivity (Wildman–Crippen MR) is 90.5 cm³/mol. The third kappa shape index (κ3) is 4.08. The van der Waals surface area contributed by atoms with Crippen molar-refractivity contribution in [3.63, 3.8) is 0 Å². The summed E-state index contributed by atoms with van der Waals surface area (Å²) < 4.78 is 6.68. The van der Waals surface area contributed by atoms with Crippen LogP contribution in [0.3, 0.4) is 0 Å². The lowest BCUT2D eigenvalue weighted by atomic mass is 10.3. The minimum Gasteiger partial charge on any atom is -0.480 e. The second-order valence-corrected chi connectivity index (χ2v) is 6.11. The zero-order valence-electron chi connectivity index (χ0n) is 12.6. The Morgan fingerprint density at radius 2 is 1.92 bits per heavy atom. The van der Waals surface area contributed by atoms with E-state index in [0.29, 0.717) is 10.8 Å². The third-order valence-electron chi connectivity index (χ3n) is 3.13. The monoisotopic (exact) mass is 342 g/mol. The number of hydrogen-bond donors (Lipinski definition) is 2. The van der Waals surface area contributed by atoms with Gasteiger partial charge in [0, 0.05) is 6.07 Å². The molecule has 7 heteroatoms. The highest BCUT2D eigenvalue weighted by Crippen LogP contribution is 2.29. The average molecular weight is 342 g/mol. The number of thiazole rings is 1. The van der Waals surface area contributed by atoms with Gasteiger partial charge in [0.1, 0.15) is 23.1 Å². The molecule has 0 aliphatic rings. The maximum absolute atomic E-state index is 11.7. The molecular formula is C17H14N2O4S. The van der Waals surface area contributed by atoms with Gasteiger partial charge in [-0.05, 0) is 24.3 Å². The molecule has 0 saturated carbocycles. The number of aliphatic carboxylic acids is 1. The zero-order chi connectivity index (χ0) is 16.9. The summed E-state index contributed by atoms with van der Waals surface area (Å²) in [6, 6.07) is 15.0. The van der Waals surface area contributed by atoms with Crippen LogP contribution in [0.1, 0.15) is 5.01 Å². The molecule has 122 valence electrons. The van der Waals surface area contributed by atoms with Crippen molar-refractivity contribution in [2.24, 2.45) is 0 Å². The van der Waals surface area contributed by atoms with E-state index in [9.17, 15) is 9.59 Å². The number of aromatic nitrogens is 1. The zero-order valence-corrected chi connectivity index (χ0v) is 13.4. The number of carbonyl (C=O) groups is 2. The fourth-order valence-electron chi connectivity index (χ4n) is 2.09. The number of carboxylic acid groups (broad SMARTS) is 1. The molecule has 2 N–H and O–H groups in total. The Morgan fingerprint density at radius 3 is 2.67 bits per heavy atom. The SMILES string of the molecule is O=C(O)CNC(=O)Cc1nc2ccc(Oc3ccccc3)cc2s1. The Labute approximate surface area is 141 Å². The Hall–Kier alpha value is -2.93. The Morgan fingerprint density at radius 1 is 1.12 bits per heavy atom. The van der Waals surface area contributed by atoms with Crippen molar-refractivity contribution in [3.05, 3.63) is 53.5 Å². The first-order valence-electron chi connectivity index (χ1n) is 7.21. The number of carbonyl (C=O) groups excluding carboxylic acids is 1. The number of rotatable bonds is 6. The highest BCUT2D eigenvalue weighted by Gasteiger charge is 2.11. The van der Waals surface area contributed by atoms with Crippen LogP contribution < -0.4 is 10.1 Å². The van der Waals surface area contributed by atoms with Crippen LogP contribution in [-0.4, -0.2) is 28.5 Å². The van der Waals surface area contributed by atoms with Gasteiger partial charge in [-0.1, -0.05) is 18.2 Å². The van der Waals surface area contributed by atoms with E-state index in [1.165, 1.54) is 11.3 Å². The van der Waals surface area contributed by atoms with E-state index in [4.69, 9.17) is 9.84 Å². The summed E-state index contributed by atoms with van der Waals surface area (Å²) >= 11 is 1.39. The highest BCUT2D eigenvalue weighted by molar-refractivity contribution is 7.18. The smallest absolute Gasteiger partial charge is 0.322 e. The molecule has 0 radical (unpaired) electrons. The standard InChI is InChI=1S/C17H14N2O4S/c20-15(18-10-17(21)22)9-16-19-13-7-6-12(8-14(13)24-16)23-11-4-2-1-3-5-11/h1-8H,9-10H2,(H,18,20)(H,21,22). The summed E-state index contributed by atoms with van der Waals surface area (Å²) in [4.78, 5) is 26.5. The molecule has 0 spiro atoms. The molecule has 0 aliphatic heterocycles. The molecule has 24 heavy (non-hydrogen) atoms. The fourth-order valence-corrected chi connectivity index (χ4v) is 3.08. The quantitative estimate of drug-likeness (QED) is 0.719. The van der Waals surface area contributed by atoms with E-state index >= 15 is 0 Å². The van der Waals surface area contributed by atoms with E-state index < -0.39 is 12.5 Å². The lowest BCUT2D eigenvalue weighted by Gasteiger charge is -2.04. The van der Waals surface area contributed by atoms with Crippen LogP contribution in [0.4, 0.5) is 0 Å². The van der Waals surface area contributed by atoms with Crippen LogP contribution >= 0.6 is 11.3 Å². The van der Waals surface area contributed by atoms with E-state index in [0.717, 1.165) is 16.0 Å². The second kappa shape index (κ2) is 7.10. The van der Waals surface area contributed by atoms with Gasteiger partial charge in [0.05, 0.1) is 16.6 Å². The summed E-state index contributed by atoms with van der Waals surface area (Å²) in [6.45, 7) is -0.390. The molecule has 0 atom stereocenters. The highest BCUT2D eigenvalue weighted by atomic mass is 32.1. The van der Waals surface area contributed by atoms with Crippen molar-refractivity contribution in [3.8, 4) is 11.5 Å². The normalized spacial score (nSPS) is 10.5. The molecule has 1 aromatic heterocycles. The van der Waals surface area contributed by atoms with Crippen LogP contribution in [0.5, 0.6) is 11.5 Å². The van der Waals surface area contributed by atoms with Crippen LogP contribution in [0.15, 0.2) is 48.5 Å². The van der Waals surface area contributed by atoms with Gasteiger partial charge in [0.25, 0.3) is 0 Å². The van der Waals surface area contributed by atoms with Gasteiger partial charge in [-0.15, -0.1) is 11.3 Å².